The van der Waals surface area contributed by atoms with E-state index >= 15 is 0 Å². The standard InChI is InChI=1S/C14H20ClN3O2/c1-10(9-19-2)8-18-12(6-7-15)16-11-4-5-13(20-3)17-14(11)18/h4-5,10H,6-9H2,1-3H3. The summed E-state index contributed by atoms with van der Waals surface area (Å²) < 4.78 is 12.5. The van der Waals surface area contributed by atoms with Crippen molar-refractivity contribution in [1.82, 2.24) is 14.5 Å². The second-order valence-corrected chi connectivity index (χ2v) is 5.21. The molecule has 110 valence electrons. The maximum Gasteiger partial charge on any atom is 0.215 e. The molecule has 1 unspecified atom stereocenters. The SMILES string of the molecule is COCC(C)Cn1c(CCCl)nc2ccc(OC)nc21. The summed E-state index contributed by atoms with van der Waals surface area (Å²) in [7, 11) is 3.32. The van der Waals surface area contributed by atoms with Gasteiger partial charge in [0.1, 0.15) is 11.3 Å². The second kappa shape index (κ2) is 6.90. The Morgan fingerprint density at radius 3 is 2.75 bits per heavy atom. The monoisotopic (exact) mass is 297 g/mol. The van der Waals surface area contributed by atoms with Crippen molar-refractivity contribution in [3.8, 4) is 5.88 Å². The quantitative estimate of drug-likeness (QED) is 0.737. The van der Waals surface area contributed by atoms with Crippen LogP contribution in [0.5, 0.6) is 5.88 Å². The lowest BCUT2D eigenvalue weighted by Crippen LogP contribution is -2.15. The highest BCUT2D eigenvalue weighted by atomic mass is 35.5. The number of aromatic nitrogens is 3. The van der Waals surface area contributed by atoms with Crippen LogP contribution in [0.15, 0.2) is 12.1 Å². The van der Waals surface area contributed by atoms with E-state index in [0.29, 0.717) is 24.3 Å². The van der Waals surface area contributed by atoms with Gasteiger partial charge < -0.3 is 14.0 Å². The largest absolute Gasteiger partial charge is 0.481 e. The lowest BCUT2D eigenvalue weighted by molar-refractivity contribution is 0.151. The molecule has 0 saturated heterocycles. The fourth-order valence-corrected chi connectivity index (χ4v) is 2.43. The van der Waals surface area contributed by atoms with Gasteiger partial charge in [-0.2, -0.15) is 4.98 Å². The van der Waals surface area contributed by atoms with Crippen molar-refractivity contribution in [2.75, 3.05) is 26.7 Å². The third kappa shape index (κ3) is 3.22. The van der Waals surface area contributed by atoms with Gasteiger partial charge in [0.15, 0.2) is 5.65 Å². The number of aryl methyl sites for hydroxylation is 1. The molecule has 5 nitrogen and oxygen atoms in total. The molecule has 0 aliphatic rings. The molecule has 20 heavy (non-hydrogen) atoms. The van der Waals surface area contributed by atoms with Gasteiger partial charge in [-0.15, -0.1) is 11.6 Å². The molecule has 0 N–H and O–H groups in total. The number of nitrogens with zero attached hydrogens (tertiary/aromatic N) is 3. The van der Waals surface area contributed by atoms with Crippen LogP contribution in [0.4, 0.5) is 0 Å². The van der Waals surface area contributed by atoms with Crippen molar-refractivity contribution in [2.45, 2.75) is 19.9 Å². The van der Waals surface area contributed by atoms with Gasteiger partial charge in [0.25, 0.3) is 0 Å². The minimum absolute atomic E-state index is 0.375. The summed E-state index contributed by atoms with van der Waals surface area (Å²) in [6, 6.07) is 3.75. The average Bonchev–Trinajstić information content (AvgIpc) is 2.77. The van der Waals surface area contributed by atoms with Crippen molar-refractivity contribution in [3.63, 3.8) is 0 Å². The lowest BCUT2D eigenvalue weighted by Gasteiger charge is -2.14. The summed E-state index contributed by atoms with van der Waals surface area (Å²) in [5.41, 5.74) is 1.71. The fraction of sp³-hybridized carbons (Fsp3) is 0.571. The first-order chi connectivity index (χ1) is 9.69. The Bertz CT molecular complexity index is 571. The van der Waals surface area contributed by atoms with Crippen LogP contribution in [0.1, 0.15) is 12.7 Å². The molecule has 1 atom stereocenters. The minimum Gasteiger partial charge on any atom is -0.481 e. The maximum atomic E-state index is 5.87. The van der Waals surface area contributed by atoms with Crippen LogP contribution >= 0.6 is 11.6 Å². The number of hydrogen-bond donors (Lipinski definition) is 0. The number of imidazole rings is 1. The summed E-state index contributed by atoms with van der Waals surface area (Å²) in [6.45, 7) is 3.64. The molecule has 2 rings (SSSR count). The topological polar surface area (TPSA) is 49.2 Å². The number of methoxy groups -OCH3 is 2. The summed E-state index contributed by atoms with van der Waals surface area (Å²) in [5.74, 6) is 2.47. The molecule has 2 aromatic rings. The summed E-state index contributed by atoms with van der Waals surface area (Å²) in [4.78, 5) is 9.11. The predicted molar refractivity (Wildman–Crippen MR) is 79.5 cm³/mol. The van der Waals surface area contributed by atoms with Gasteiger partial charge >= 0.3 is 0 Å². The first-order valence-electron chi connectivity index (χ1n) is 6.64. The van der Waals surface area contributed by atoms with E-state index in [1.807, 2.05) is 12.1 Å². The predicted octanol–water partition coefficient (Wildman–Crippen LogP) is 2.50. The van der Waals surface area contributed by atoms with E-state index in [9.17, 15) is 0 Å². The molecule has 0 fully saturated rings. The molecule has 0 amide bonds. The van der Waals surface area contributed by atoms with Crippen molar-refractivity contribution >= 4 is 22.8 Å². The lowest BCUT2D eigenvalue weighted by atomic mass is 10.2. The van der Waals surface area contributed by atoms with Gasteiger partial charge in [0.05, 0.1) is 13.7 Å². The first-order valence-corrected chi connectivity index (χ1v) is 7.18. The van der Waals surface area contributed by atoms with Gasteiger partial charge in [-0.05, 0) is 12.0 Å². The number of hydrogen-bond acceptors (Lipinski definition) is 4. The number of halogens is 1. The Hall–Kier alpha value is -1.33. The molecule has 0 radical (unpaired) electrons. The zero-order chi connectivity index (χ0) is 14.5. The van der Waals surface area contributed by atoms with Crippen molar-refractivity contribution in [2.24, 2.45) is 5.92 Å². The van der Waals surface area contributed by atoms with Crippen LogP contribution in [0, 0.1) is 5.92 Å². The van der Waals surface area contributed by atoms with Gasteiger partial charge in [-0.1, -0.05) is 6.92 Å². The van der Waals surface area contributed by atoms with Crippen LogP contribution in [0.25, 0.3) is 11.2 Å². The normalized spacial score (nSPS) is 12.8. The molecular weight excluding hydrogens is 278 g/mol. The van der Waals surface area contributed by atoms with Crippen molar-refractivity contribution in [3.05, 3.63) is 18.0 Å². The van der Waals surface area contributed by atoms with Crippen LogP contribution in [-0.2, 0) is 17.7 Å². The Kier molecular flexibility index (Phi) is 5.20. The van der Waals surface area contributed by atoms with Crippen LogP contribution in [0.2, 0.25) is 0 Å². The van der Waals surface area contributed by atoms with Crippen LogP contribution in [-0.4, -0.2) is 41.2 Å². The maximum absolute atomic E-state index is 5.87. The molecular formula is C14H20ClN3O2. The number of ether oxygens (including phenoxy) is 2. The van der Waals surface area contributed by atoms with Gasteiger partial charge in [0.2, 0.25) is 5.88 Å². The number of rotatable bonds is 7. The summed E-state index contributed by atoms with van der Waals surface area (Å²) in [6.07, 6.45) is 0.722. The van der Waals surface area contributed by atoms with E-state index in [1.165, 1.54) is 0 Å². The van der Waals surface area contributed by atoms with Crippen molar-refractivity contribution < 1.29 is 9.47 Å². The summed E-state index contributed by atoms with van der Waals surface area (Å²) in [5, 5.41) is 0. The average molecular weight is 298 g/mol. The zero-order valence-corrected chi connectivity index (χ0v) is 12.9. The Morgan fingerprint density at radius 1 is 1.30 bits per heavy atom. The third-order valence-electron chi connectivity index (χ3n) is 3.12. The van der Waals surface area contributed by atoms with Gasteiger partial charge in [0, 0.05) is 32.0 Å². The van der Waals surface area contributed by atoms with Crippen LogP contribution < -0.4 is 4.74 Å². The number of pyridine rings is 1. The van der Waals surface area contributed by atoms with E-state index < -0.39 is 0 Å². The molecule has 6 heteroatoms. The van der Waals surface area contributed by atoms with E-state index in [2.05, 4.69) is 21.5 Å². The van der Waals surface area contributed by atoms with Gasteiger partial charge in [-0.3, -0.25) is 0 Å². The van der Waals surface area contributed by atoms with Gasteiger partial charge in [-0.25, -0.2) is 4.98 Å². The third-order valence-corrected chi connectivity index (χ3v) is 3.31. The molecule has 0 bridgehead atoms. The van der Waals surface area contributed by atoms with E-state index in [4.69, 9.17) is 21.1 Å². The van der Waals surface area contributed by atoms with E-state index in [0.717, 1.165) is 30.0 Å². The van der Waals surface area contributed by atoms with Crippen molar-refractivity contribution in [1.29, 1.82) is 0 Å². The second-order valence-electron chi connectivity index (χ2n) is 4.83. The Morgan fingerprint density at radius 2 is 2.10 bits per heavy atom. The highest BCUT2D eigenvalue weighted by molar-refractivity contribution is 6.17. The molecule has 0 aliphatic heterocycles. The zero-order valence-electron chi connectivity index (χ0n) is 12.1. The first kappa shape index (κ1) is 15.1. The summed E-state index contributed by atoms with van der Waals surface area (Å²) >= 11 is 5.87. The minimum atomic E-state index is 0.375. The molecule has 0 aromatic carbocycles. The number of fused-ring (bicyclic) bond motifs is 1. The highest BCUT2D eigenvalue weighted by Gasteiger charge is 2.15. The molecule has 2 aromatic heterocycles. The fourth-order valence-electron chi connectivity index (χ4n) is 2.26. The molecule has 0 saturated carbocycles. The Balaban J connectivity index is 2.42. The molecule has 0 aliphatic carbocycles. The molecule has 0 spiro atoms. The van der Waals surface area contributed by atoms with Crippen LogP contribution in [0.3, 0.4) is 0 Å². The van der Waals surface area contributed by atoms with E-state index in [1.54, 1.807) is 14.2 Å². The smallest absolute Gasteiger partial charge is 0.215 e. The number of alkyl halides is 1. The Labute approximate surface area is 123 Å². The molecule has 2 heterocycles. The highest BCUT2D eigenvalue weighted by Crippen LogP contribution is 2.20. The van der Waals surface area contributed by atoms with E-state index in [-0.39, 0.29) is 0 Å².